The van der Waals surface area contributed by atoms with Gasteiger partial charge in [-0.1, -0.05) is 35.9 Å². The van der Waals surface area contributed by atoms with Crippen LogP contribution in [-0.4, -0.2) is 9.97 Å². The number of rotatable bonds is 5. The summed E-state index contributed by atoms with van der Waals surface area (Å²) in [5.41, 5.74) is 3.75. The Morgan fingerprint density at radius 2 is 1.95 bits per heavy atom. The molecule has 0 aliphatic heterocycles. The molecule has 3 aromatic rings. The van der Waals surface area contributed by atoms with Gasteiger partial charge in [-0.25, -0.2) is 9.97 Å². The number of pyridine rings is 1. The van der Waals surface area contributed by atoms with Crippen LogP contribution in [0.3, 0.4) is 0 Å². The summed E-state index contributed by atoms with van der Waals surface area (Å²) in [5, 5.41) is 4.38. The standard InChI is InChI=1S/C17H16N2S2/c1-13-5-7-14(8-6-13)10-17-19-15(12-21-17)11-20-16-4-2-3-9-18-16/h2-9,12H,10-11H2,1H3. The summed E-state index contributed by atoms with van der Waals surface area (Å²) >= 11 is 3.47. The maximum Gasteiger partial charge on any atom is 0.0972 e. The van der Waals surface area contributed by atoms with Crippen molar-refractivity contribution in [1.29, 1.82) is 0 Å². The molecule has 0 bridgehead atoms. The lowest BCUT2D eigenvalue weighted by atomic mass is 10.1. The first-order chi connectivity index (χ1) is 10.3. The summed E-state index contributed by atoms with van der Waals surface area (Å²) < 4.78 is 0. The molecule has 3 rings (SSSR count). The van der Waals surface area contributed by atoms with Crippen LogP contribution < -0.4 is 0 Å². The van der Waals surface area contributed by atoms with Crippen molar-refractivity contribution in [1.82, 2.24) is 9.97 Å². The van der Waals surface area contributed by atoms with Crippen LogP contribution in [0.25, 0.3) is 0 Å². The highest BCUT2D eigenvalue weighted by molar-refractivity contribution is 7.98. The van der Waals surface area contributed by atoms with E-state index in [4.69, 9.17) is 4.98 Å². The number of hydrogen-bond donors (Lipinski definition) is 0. The van der Waals surface area contributed by atoms with Gasteiger partial charge in [0.1, 0.15) is 0 Å². The van der Waals surface area contributed by atoms with Crippen molar-refractivity contribution in [2.45, 2.75) is 24.1 Å². The molecule has 21 heavy (non-hydrogen) atoms. The molecule has 0 saturated carbocycles. The molecule has 2 heterocycles. The third kappa shape index (κ3) is 4.16. The first kappa shape index (κ1) is 14.3. The molecule has 0 N–H and O–H groups in total. The lowest BCUT2D eigenvalue weighted by Crippen LogP contribution is -1.89. The Balaban J connectivity index is 1.59. The van der Waals surface area contributed by atoms with Gasteiger partial charge in [-0.05, 0) is 24.6 Å². The van der Waals surface area contributed by atoms with Gasteiger partial charge in [0.2, 0.25) is 0 Å². The fourth-order valence-corrected chi connectivity index (χ4v) is 3.64. The van der Waals surface area contributed by atoms with Crippen molar-refractivity contribution < 1.29 is 0 Å². The Labute approximate surface area is 133 Å². The van der Waals surface area contributed by atoms with Gasteiger partial charge in [0, 0.05) is 23.8 Å². The minimum atomic E-state index is 0.876. The van der Waals surface area contributed by atoms with E-state index in [9.17, 15) is 0 Å². The van der Waals surface area contributed by atoms with Crippen LogP contribution >= 0.6 is 23.1 Å². The molecule has 0 fully saturated rings. The van der Waals surface area contributed by atoms with E-state index >= 15 is 0 Å². The molecule has 0 spiro atoms. The number of aromatic nitrogens is 2. The second kappa shape index (κ2) is 6.87. The molecule has 0 atom stereocenters. The number of aryl methyl sites for hydroxylation is 1. The summed E-state index contributed by atoms with van der Waals surface area (Å²) in [6.45, 7) is 2.11. The Bertz CT molecular complexity index is 690. The molecule has 0 radical (unpaired) electrons. The van der Waals surface area contributed by atoms with Crippen molar-refractivity contribution >= 4 is 23.1 Å². The van der Waals surface area contributed by atoms with E-state index in [0.717, 1.165) is 22.9 Å². The topological polar surface area (TPSA) is 25.8 Å². The molecule has 0 saturated heterocycles. The minimum Gasteiger partial charge on any atom is -0.250 e. The molecule has 2 aromatic heterocycles. The lowest BCUT2D eigenvalue weighted by Gasteiger charge is -1.99. The highest BCUT2D eigenvalue weighted by Gasteiger charge is 2.04. The number of thiazole rings is 1. The summed E-state index contributed by atoms with van der Waals surface area (Å²) in [6, 6.07) is 14.6. The van der Waals surface area contributed by atoms with Crippen molar-refractivity contribution in [3.8, 4) is 0 Å². The summed E-state index contributed by atoms with van der Waals surface area (Å²) in [6.07, 6.45) is 2.74. The highest BCUT2D eigenvalue weighted by atomic mass is 32.2. The largest absolute Gasteiger partial charge is 0.250 e. The van der Waals surface area contributed by atoms with Crippen molar-refractivity contribution in [2.24, 2.45) is 0 Å². The first-order valence-corrected chi connectivity index (χ1v) is 8.69. The van der Waals surface area contributed by atoms with Gasteiger partial charge in [0.15, 0.2) is 0 Å². The van der Waals surface area contributed by atoms with Crippen LogP contribution in [0.15, 0.2) is 59.1 Å². The molecular weight excluding hydrogens is 296 g/mol. The zero-order valence-corrected chi connectivity index (χ0v) is 13.5. The van der Waals surface area contributed by atoms with Crippen LogP contribution in [-0.2, 0) is 12.2 Å². The molecule has 0 aliphatic carbocycles. The van der Waals surface area contributed by atoms with Crippen molar-refractivity contribution in [3.05, 3.63) is 75.9 Å². The van der Waals surface area contributed by atoms with Gasteiger partial charge in [0.25, 0.3) is 0 Å². The normalized spacial score (nSPS) is 10.7. The quantitative estimate of drug-likeness (QED) is 0.637. The average Bonchev–Trinajstić information content (AvgIpc) is 2.96. The predicted octanol–water partition coefficient (Wildman–Crippen LogP) is 4.73. The third-order valence-corrected chi connectivity index (χ3v) is 4.96. The van der Waals surface area contributed by atoms with E-state index in [2.05, 4.69) is 41.6 Å². The predicted molar refractivity (Wildman–Crippen MR) is 89.9 cm³/mol. The summed E-state index contributed by atoms with van der Waals surface area (Å²) in [4.78, 5) is 9.03. The molecule has 1 aromatic carbocycles. The second-order valence-electron chi connectivity index (χ2n) is 4.85. The maximum absolute atomic E-state index is 4.71. The van der Waals surface area contributed by atoms with Crippen LogP contribution in [0, 0.1) is 6.92 Å². The van der Waals surface area contributed by atoms with Gasteiger partial charge in [-0.2, -0.15) is 0 Å². The summed E-state index contributed by atoms with van der Waals surface area (Å²) in [7, 11) is 0. The average molecular weight is 312 g/mol. The SMILES string of the molecule is Cc1ccc(Cc2nc(CSc3ccccn3)cs2)cc1. The van der Waals surface area contributed by atoms with Crippen molar-refractivity contribution in [2.75, 3.05) is 0 Å². The van der Waals surface area contributed by atoms with Crippen LogP contribution in [0.2, 0.25) is 0 Å². The Hall–Kier alpha value is -1.65. The second-order valence-corrected chi connectivity index (χ2v) is 6.79. The van der Waals surface area contributed by atoms with Crippen molar-refractivity contribution in [3.63, 3.8) is 0 Å². The first-order valence-electron chi connectivity index (χ1n) is 6.82. The Morgan fingerprint density at radius 3 is 2.71 bits per heavy atom. The minimum absolute atomic E-state index is 0.876. The van der Waals surface area contributed by atoms with Crippen LogP contribution in [0.5, 0.6) is 0 Å². The smallest absolute Gasteiger partial charge is 0.0972 e. The third-order valence-electron chi connectivity index (χ3n) is 3.08. The maximum atomic E-state index is 4.71. The van der Waals surface area contributed by atoms with Gasteiger partial charge >= 0.3 is 0 Å². The van der Waals surface area contributed by atoms with E-state index in [0.29, 0.717) is 0 Å². The van der Waals surface area contributed by atoms with Crippen LogP contribution in [0.1, 0.15) is 21.8 Å². The number of nitrogens with zero attached hydrogens (tertiary/aromatic N) is 2. The van der Waals surface area contributed by atoms with Gasteiger partial charge in [0.05, 0.1) is 15.7 Å². The molecule has 0 aliphatic rings. The summed E-state index contributed by atoms with van der Waals surface area (Å²) in [5.74, 6) is 0.876. The van der Waals surface area contributed by atoms with Gasteiger partial charge in [-0.3, -0.25) is 0 Å². The number of thioether (sulfide) groups is 1. The van der Waals surface area contributed by atoms with E-state index in [1.807, 2.05) is 24.4 Å². The van der Waals surface area contributed by atoms with E-state index in [1.54, 1.807) is 23.1 Å². The Kier molecular flexibility index (Phi) is 4.68. The monoisotopic (exact) mass is 312 g/mol. The Morgan fingerprint density at radius 1 is 1.10 bits per heavy atom. The molecule has 106 valence electrons. The fraction of sp³-hybridized carbons (Fsp3) is 0.176. The molecule has 2 nitrogen and oxygen atoms in total. The molecular formula is C17H16N2S2. The highest BCUT2D eigenvalue weighted by Crippen LogP contribution is 2.22. The van der Waals surface area contributed by atoms with Gasteiger partial charge in [-0.15, -0.1) is 23.1 Å². The molecule has 0 amide bonds. The van der Waals surface area contributed by atoms with E-state index in [-0.39, 0.29) is 0 Å². The number of benzene rings is 1. The molecule has 0 unspecified atom stereocenters. The molecule has 4 heteroatoms. The zero-order valence-electron chi connectivity index (χ0n) is 11.8. The lowest BCUT2D eigenvalue weighted by molar-refractivity contribution is 1.08. The fourth-order valence-electron chi connectivity index (χ4n) is 1.96. The van der Waals surface area contributed by atoms with E-state index in [1.165, 1.54) is 16.1 Å². The van der Waals surface area contributed by atoms with E-state index < -0.39 is 0 Å². The van der Waals surface area contributed by atoms with Crippen LogP contribution in [0.4, 0.5) is 0 Å². The zero-order chi connectivity index (χ0) is 14.5. The number of hydrogen-bond acceptors (Lipinski definition) is 4. The van der Waals surface area contributed by atoms with Gasteiger partial charge < -0.3 is 0 Å².